The first-order chi connectivity index (χ1) is 12.8. The van der Waals surface area contributed by atoms with Crippen molar-refractivity contribution in [2.24, 2.45) is 5.92 Å². The van der Waals surface area contributed by atoms with Crippen molar-refractivity contribution in [2.45, 2.75) is 31.7 Å². The number of anilines is 1. The summed E-state index contributed by atoms with van der Waals surface area (Å²) in [6, 6.07) is 5.69. The number of carbonyl (C=O) groups is 1. The first-order valence-corrected chi connectivity index (χ1v) is 10.5. The Bertz CT molecular complexity index is 951. The normalized spacial score (nSPS) is 16.6. The summed E-state index contributed by atoms with van der Waals surface area (Å²) < 4.78 is 45.6. The van der Waals surface area contributed by atoms with Gasteiger partial charge in [0, 0.05) is 25.0 Å². The van der Waals surface area contributed by atoms with E-state index in [0.29, 0.717) is 31.0 Å². The fraction of sp³-hybridized carbons (Fsp3) is 0.421. The molecule has 1 aromatic carbocycles. The summed E-state index contributed by atoms with van der Waals surface area (Å²) in [5.41, 5.74) is 1.12. The molecule has 0 saturated carbocycles. The average Bonchev–Trinajstić information content (AvgIpc) is 3.27. The van der Waals surface area contributed by atoms with Gasteiger partial charge in [-0.15, -0.1) is 0 Å². The quantitative estimate of drug-likeness (QED) is 0.767. The summed E-state index contributed by atoms with van der Waals surface area (Å²) in [6.45, 7) is 4.93. The molecule has 0 radical (unpaired) electrons. The van der Waals surface area contributed by atoms with Crippen LogP contribution in [0.5, 0.6) is 0 Å². The van der Waals surface area contributed by atoms with Gasteiger partial charge in [-0.25, -0.2) is 12.8 Å². The molecule has 1 atom stereocenters. The Balaban J connectivity index is 0.00000280. The van der Waals surface area contributed by atoms with E-state index in [1.807, 2.05) is 6.92 Å². The zero-order valence-corrected chi connectivity index (χ0v) is 17.7. The van der Waals surface area contributed by atoms with Crippen LogP contribution in [0.25, 0.3) is 0 Å². The van der Waals surface area contributed by atoms with Crippen molar-refractivity contribution < 1.29 is 22.3 Å². The van der Waals surface area contributed by atoms with Crippen LogP contribution < -0.4 is 5.32 Å². The van der Waals surface area contributed by atoms with Gasteiger partial charge in [-0.05, 0) is 56.0 Å². The molecule has 6 nitrogen and oxygen atoms in total. The molecule has 154 valence electrons. The molecule has 1 aliphatic heterocycles. The zero-order chi connectivity index (χ0) is 19.6. The Morgan fingerprint density at radius 2 is 2.11 bits per heavy atom. The van der Waals surface area contributed by atoms with Gasteiger partial charge in [-0.3, -0.25) is 4.79 Å². The molecule has 28 heavy (non-hydrogen) atoms. The Hall–Kier alpha value is -1.84. The third-order valence-corrected chi connectivity index (χ3v) is 6.55. The molecular weight excluding hydrogens is 403 g/mol. The molecule has 1 aromatic heterocycles. The molecular formula is C19H25FN2O4S2. The van der Waals surface area contributed by atoms with Crippen LogP contribution in [0, 0.1) is 18.7 Å². The average molecular weight is 429 g/mol. The molecule has 1 fully saturated rings. The highest BCUT2D eigenvalue weighted by Gasteiger charge is 2.27. The lowest BCUT2D eigenvalue weighted by molar-refractivity contribution is 0.101. The lowest BCUT2D eigenvalue weighted by Crippen LogP contribution is -2.16. The number of amides is 1. The number of sulfone groups is 1. The Morgan fingerprint density at radius 3 is 2.71 bits per heavy atom. The minimum absolute atomic E-state index is 0. The summed E-state index contributed by atoms with van der Waals surface area (Å²) in [4.78, 5) is 12.8. The van der Waals surface area contributed by atoms with Crippen molar-refractivity contribution in [2.75, 3.05) is 24.3 Å². The lowest BCUT2D eigenvalue weighted by Gasteiger charge is -2.08. The largest absolute Gasteiger partial charge is 0.381 e. The number of nitrogens with zero attached hydrogens (tertiary/aromatic N) is 1. The minimum atomic E-state index is -3.50. The van der Waals surface area contributed by atoms with Crippen LogP contribution in [0.1, 0.15) is 29.4 Å². The molecule has 0 unspecified atom stereocenters. The zero-order valence-electron chi connectivity index (χ0n) is 15.9. The van der Waals surface area contributed by atoms with Crippen LogP contribution in [0.2, 0.25) is 0 Å². The Labute approximate surface area is 171 Å². The fourth-order valence-electron chi connectivity index (χ4n) is 3.14. The molecule has 1 saturated heterocycles. The lowest BCUT2D eigenvalue weighted by atomic mass is 10.2. The second-order valence-corrected chi connectivity index (χ2v) is 8.81. The van der Waals surface area contributed by atoms with Crippen LogP contribution in [0.4, 0.5) is 10.1 Å². The first kappa shape index (κ1) is 22.4. The fourth-order valence-corrected chi connectivity index (χ4v) is 4.80. The van der Waals surface area contributed by atoms with Gasteiger partial charge in [-0.2, -0.15) is 13.5 Å². The molecule has 2 aromatic rings. The number of benzene rings is 1. The van der Waals surface area contributed by atoms with E-state index < -0.39 is 15.7 Å². The first-order valence-electron chi connectivity index (χ1n) is 8.88. The van der Waals surface area contributed by atoms with Crippen molar-refractivity contribution in [3.63, 3.8) is 0 Å². The molecule has 2 heterocycles. The topological polar surface area (TPSA) is 77.4 Å². The van der Waals surface area contributed by atoms with E-state index in [-0.39, 0.29) is 41.6 Å². The molecule has 9 heteroatoms. The van der Waals surface area contributed by atoms with Gasteiger partial charge in [-0.1, -0.05) is 0 Å². The predicted octanol–water partition coefficient (Wildman–Crippen LogP) is 3.13. The van der Waals surface area contributed by atoms with Gasteiger partial charge in [0.05, 0.1) is 17.3 Å². The predicted molar refractivity (Wildman–Crippen MR) is 111 cm³/mol. The second kappa shape index (κ2) is 9.11. The van der Waals surface area contributed by atoms with Crippen LogP contribution >= 0.6 is 13.5 Å². The Kier molecular flexibility index (Phi) is 7.30. The van der Waals surface area contributed by atoms with Gasteiger partial charge in [0.25, 0.3) is 5.91 Å². The number of rotatable bonds is 6. The molecule has 1 aliphatic rings. The van der Waals surface area contributed by atoms with Crippen LogP contribution in [-0.2, 0) is 21.1 Å². The third kappa shape index (κ3) is 4.95. The summed E-state index contributed by atoms with van der Waals surface area (Å²) in [6.07, 6.45) is 2.22. The highest BCUT2D eigenvalue weighted by molar-refractivity contribution is 7.91. The molecule has 0 spiro atoms. The SMILES string of the molecule is CCn1cc(S(=O)(=O)C[C@H]2CCOC2)cc1C(=O)Nc1ccc(F)c(C)c1.S. The Morgan fingerprint density at radius 1 is 1.36 bits per heavy atom. The van der Waals surface area contributed by atoms with E-state index in [4.69, 9.17) is 4.74 Å². The van der Waals surface area contributed by atoms with Crippen LogP contribution in [-0.4, -0.2) is 37.9 Å². The number of aryl methyl sites for hydroxylation is 2. The van der Waals surface area contributed by atoms with Crippen molar-refractivity contribution in [3.8, 4) is 0 Å². The maximum atomic E-state index is 13.4. The van der Waals surface area contributed by atoms with E-state index in [0.717, 1.165) is 6.42 Å². The number of halogens is 1. The van der Waals surface area contributed by atoms with E-state index in [1.54, 1.807) is 11.5 Å². The molecule has 1 amide bonds. The minimum Gasteiger partial charge on any atom is -0.381 e. The summed E-state index contributed by atoms with van der Waals surface area (Å²) >= 11 is 0. The van der Waals surface area contributed by atoms with Gasteiger partial charge < -0.3 is 14.6 Å². The number of nitrogens with one attached hydrogen (secondary N) is 1. The van der Waals surface area contributed by atoms with E-state index in [2.05, 4.69) is 5.32 Å². The van der Waals surface area contributed by atoms with Gasteiger partial charge in [0.1, 0.15) is 11.5 Å². The van der Waals surface area contributed by atoms with Gasteiger partial charge >= 0.3 is 0 Å². The van der Waals surface area contributed by atoms with E-state index in [1.165, 1.54) is 30.5 Å². The monoisotopic (exact) mass is 428 g/mol. The van der Waals surface area contributed by atoms with Crippen LogP contribution in [0.15, 0.2) is 35.4 Å². The highest BCUT2D eigenvalue weighted by atomic mass is 32.2. The van der Waals surface area contributed by atoms with E-state index in [9.17, 15) is 17.6 Å². The maximum absolute atomic E-state index is 13.4. The van der Waals surface area contributed by atoms with Crippen molar-refractivity contribution >= 4 is 34.9 Å². The van der Waals surface area contributed by atoms with Gasteiger partial charge in [0.15, 0.2) is 9.84 Å². The molecule has 0 aliphatic carbocycles. The molecule has 3 rings (SSSR count). The highest BCUT2D eigenvalue weighted by Crippen LogP contribution is 2.23. The second-order valence-electron chi connectivity index (χ2n) is 6.78. The smallest absolute Gasteiger partial charge is 0.272 e. The third-order valence-electron chi connectivity index (χ3n) is 4.70. The molecule has 1 N–H and O–H groups in total. The summed E-state index contributed by atoms with van der Waals surface area (Å²) in [7, 11) is -3.50. The van der Waals surface area contributed by atoms with Crippen molar-refractivity contribution in [1.82, 2.24) is 4.57 Å². The standard InChI is InChI=1S/C19H23FN2O4S.H2S/c1-3-22-10-16(27(24,25)12-14-6-7-26-11-14)9-18(22)19(23)21-15-4-5-17(20)13(2)8-15;/h4-5,8-10,14H,3,6-7,11-12H2,1-2H3,(H,21,23);1H2/t14-;/m0./s1. The molecule has 0 bridgehead atoms. The number of hydrogen-bond donors (Lipinski definition) is 1. The maximum Gasteiger partial charge on any atom is 0.272 e. The summed E-state index contributed by atoms with van der Waals surface area (Å²) in [5.74, 6) is -0.791. The van der Waals surface area contributed by atoms with E-state index >= 15 is 0 Å². The summed E-state index contributed by atoms with van der Waals surface area (Å²) in [5, 5.41) is 2.70. The number of carbonyl (C=O) groups excluding carboxylic acids is 1. The number of hydrogen-bond acceptors (Lipinski definition) is 4. The van der Waals surface area contributed by atoms with Crippen LogP contribution in [0.3, 0.4) is 0 Å². The van der Waals surface area contributed by atoms with Crippen molar-refractivity contribution in [1.29, 1.82) is 0 Å². The van der Waals surface area contributed by atoms with Crippen molar-refractivity contribution in [3.05, 3.63) is 47.5 Å². The number of aromatic nitrogens is 1. The van der Waals surface area contributed by atoms with Gasteiger partial charge in [0.2, 0.25) is 0 Å². The number of ether oxygens (including phenoxy) is 1.